The van der Waals surface area contributed by atoms with Crippen molar-refractivity contribution in [3.05, 3.63) is 120 Å². The molecule has 0 aliphatic carbocycles. The smallest absolute Gasteiger partial charge is 0.247 e. The van der Waals surface area contributed by atoms with Gasteiger partial charge in [-0.25, -0.2) is 0 Å². The SMILES string of the molecule is O=C([O-])N1CCC(c2ccc(CCc3nnc(-c4ccccc4)o3)cc2)C(OCc2ccc3ccccc3c2)C1. The Labute approximate surface area is 233 Å². The maximum atomic E-state index is 11.6. The molecule has 0 radical (unpaired) electrons. The lowest BCUT2D eigenvalue weighted by molar-refractivity contribution is -0.268. The molecule has 4 aromatic carbocycles. The Balaban J connectivity index is 1.11. The molecule has 0 saturated carbocycles. The second-order valence-corrected chi connectivity index (χ2v) is 10.2. The predicted molar refractivity (Wildman–Crippen MR) is 150 cm³/mol. The quantitative estimate of drug-likeness (QED) is 0.266. The van der Waals surface area contributed by atoms with Crippen molar-refractivity contribution in [1.29, 1.82) is 0 Å². The van der Waals surface area contributed by atoms with E-state index in [9.17, 15) is 9.90 Å². The van der Waals surface area contributed by atoms with Crippen LogP contribution >= 0.6 is 0 Å². The summed E-state index contributed by atoms with van der Waals surface area (Å²) in [6.07, 6.45) is 0.700. The molecule has 1 fully saturated rings. The lowest BCUT2D eigenvalue weighted by Crippen LogP contribution is -2.51. The second-order valence-electron chi connectivity index (χ2n) is 10.2. The number of benzene rings is 4. The van der Waals surface area contributed by atoms with Gasteiger partial charge in [0.05, 0.1) is 12.7 Å². The first-order chi connectivity index (χ1) is 19.6. The van der Waals surface area contributed by atoms with E-state index in [1.54, 1.807) is 0 Å². The van der Waals surface area contributed by atoms with Crippen LogP contribution in [-0.2, 0) is 24.2 Å². The minimum absolute atomic E-state index is 0.0921. The third kappa shape index (κ3) is 5.90. The molecule has 7 heteroatoms. The molecule has 1 aliphatic rings. The van der Waals surface area contributed by atoms with Crippen LogP contribution < -0.4 is 5.11 Å². The van der Waals surface area contributed by atoms with Gasteiger partial charge in [0.15, 0.2) is 0 Å². The number of hydrogen-bond donors (Lipinski definition) is 0. The molecule has 7 nitrogen and oxygen atoms in total. The van der Waals surface area contributed by atoms with Crippen LogP contribution in [0.15, 0.2) is 101 Å². The van der Waals surface area contributed by atoms with Gasteiger partial charge in [-0.2, -0.15) is 0 Å². The van der Waals surface area contributed by atoms with Crippen LogP contribution in [0.1, 0.15) is 34.9 Å². The van der Waals surface area contributed by atoms with E-state index in [1.165, 1.54) is 15.8 Å². The molecule has 2 heterocycles. The van der Waals surface area contributed by atoms with Crippen LogP contribution in [0.3, 0.4) is 0 Å². The number of amides is 1. The fraction of sp³-hybridized carbons (Fsp3) is 0.242. The molecule has 1 amide bonds. The monoisotopic (exact) mass is 532 g/mol. The Morgan fingerprint density at radius 3 is 2.42 bits per heavy atom. The largest absolute Gasteiger partial charge is 0.530 e. The Hall–Kier alpha value is -4.49. The maximum Gasteiger partial charge on any atom is 0.247 e. The number of rotatable bonds is 8. The standard InChI is InChI=1S/C33H31N3O4/c37-33(38)36-19-18-29(30(21-36)39-22-24-12-14-25-6-4-5-9-28(25)20-24)26-15-10-23(11-16-26)13-17-31-34-35-32(40-31)27-7-2-1-3-8-27/h1-12,14-16,20,29-30H,13,17-19,21-22H2,(H,37,38)/p-1. The summed E-state index contributed by atoms with van der Waals surface area (Å²) in [5, 5.41) is 22.3. The fourth-order valence-electron chi connectivity index (χ4n) is 5.40. The summed E-state index contributed by atoms with van der Waals surface area (Å²) in [5.74, 6) is 1.23. The number of likely N-dealkylation sites (tertiary alicyclic amines) is 1. The third-order valence-corrected chi connectivity index (χ3v) is 7.62. The molecule has 0 N–H and O–H groups in total. The molecular weight excluding hydrogens is 502 g/mol. The van der Waals surface area contributed by atoms with Crippen LogP contribution in [0, 0.1) is 0 Å². The topological polar surface area (TPSA) is 91.5 Å². The number of carbonyl (C=O) groups is 1. The first-order valence-electron chi connectivity index (χ1n) is 13.6. The summed E-state index contributed by atoms with van der Waals surface area (Å²) in [4.78, 5) is 13.0. The van der Waals surface area contributed by atoms with Gasteiger partial charge in [-0.15, -0.1) is 10.2 Å². The van der Waals surface area contributed by atoms with Gasteiger partial charge >= 0.3 is 0 Å². The van der Waals surface area contributed by atoms with Crippen molar-refractivity contribution in [3.63, 3.8) is 0 Å². The van der Waals surface area contributed by atoms with Gasteiger partial charge < -0.3 is 24.0 Å². The van der Waals surface area contributed by atoms with Crippen LogP contribution in [0.25, 0.3) is 22.2 Å². The van der Waals surface area contributed by atoms with Crippen molar-refractivity contribution in [1.82, 2.24) is 15.1 Å². The number of aryl methyl sites for hydroxylation is 2. The molecule has 40 heavy (non-hydrogen) atoms. The number of nitrogens with zero attached hydrogens (tertiary/aromatic N) is 3. The highest BCUT2D eigenvalue weighted by Crippen LogP contribution is 2.32. The van der Waals surface area contributed by atoms with E-state index in [2.05, 4.69) is 64.8 Å². The first kappa shape index (κ1) is 25.8. The Morgan fingerprint density at radius 2 is 1.62 bits per heavy atom. The molecule has 6 rings (SSSR count). The van der Waals surface area contributed by atoms with Crippen molar-refractivity contribution in [2.24, 2.45) is 0 Å². The zero-order valence-corrected chi connectivity index (χ0v) is 22.1. The molecule has 202 valence electrons. The number of piperidine rings is 1. The maximum absolute atomic E-state index is 11.6. The van der Waals surface area contributed by atoms with Gasteiger partial charge in [0.25, 0.3) is 0 Å². The number of aromatic nitrogens is 2. The van der Waals surface area contributed by atoms with Crippen LogP contribution in [-0.4, -0.2) is 40.4 Å². The highest BCUT2D eigenvalue weighted by Gasteiger charge is 2.31. The average Bonchev–Trinajstić information content (AvgIpc) is 3.49. The molecule has 2 unspecified atom stereocenters. The lowest BCUT2D eigenvalue weighted by atomic mass is 9.86. The minimum atomic E-state index is -1.15. The van der Waals surface area contributed by atoms with E-state index < -0.39 is 6.09 Å². The van der Waals surface area contributed by atoms with E-state index in [0.29, 0.717) is 44.3 Å². The number of ether oxygens (including phenoxy) is 1. The molecule has 5 aromatic rings. The molecule has 1 saturated heterocycles. The van der Waals surface area contributed by atoms with E-state index in [4.69, 9.17) is 9.15 Å². The van der Waals surface area contributed by atoms with E-state index in [1.807, 2.05) is 42.5 Å². The Morgan fingerprint density at radius 1 is 0.875 bits per heavy atom. The number of carboxylic acid groups (broad SMARTS) is 1. The molecule has 0 bridgehead atoms. The summed E-state index contributed by atoms with van der Waals surface area (Å²) in [7, 11) is 0. The molecule has 2 atom stereocenters. The fourth-order valence-corrected chi connectivity index (χ4v) is 5.40. The minimum Gasteiger partial charge on any atom is -0.530 e. The first-order valence-corrected chi connectivity index (χ1v) is 13.6. The highest BCUT2D eigenvalue weighted by molar-refractivity contribution is 5.82. The van der Waals surface area contributed by atoms with Crippen molar-refractivity contribution >= 4 is 16.9 Å². The molecule has 1 aromatic heterocycles. The van der Waals surface area contributed by atoms with Crippen molar-refractivity contribution in [2.75, 3.05) is 13.1 Å². The van der Waals surface area contributed by atoms with Gasteiger partial charge in [0, 0.05) is 31.0 Å². The van der Waals surface area contributed by atoms with Crippen LogP contribution in [0.2, 0.25) is 0 Å². The van der Waals surface area contributed by atoms with E-state index >= 15 is 0 Å². The predicted octanol–water partition coefficient (Wildman–Crippen LogP) is 5.39. The highest BCUT2D eigenvalue weighted by atomic mass is 16.5. The van der Waals surface area contributed by atoms with Crippen molar-refractivity contribution in [3.8, 4) is 11.5 Å². The summed E-state index contributed by atoms with van der Waals surface area (Å²) < 4.78 is 12.2. The third-order valence-electron chi connectivity index (χ3n) is 7.62. The van der Waals surface area contributed by atoms with Gasteiger partial charge in [-0.3, -0.25) is 0 Å². The summed E-state index contributed by atoms with van der Waals surface area (Å²) in [6.45, 7) is 1.15. The van der Waals surface area contributed by atoms with Gasteiger partial charge in [-0.05, 0) is 58.5 Å². The lowest BCUT2D eigenvalue weighted by Gasteiger charge is -2.40. The number of hydrogen-bond acceptors (Lipinski definition) is 6. The zero-order valence-electron chi connectivity index (χ0n) is 22.1. The summed E-state index contributed by atoms with van der Waals surface area (Å²) >= 11 is 0. The Bertz CT molecular complexity index is 1580. The second kappa shape index (κ2) is 11.7. The van der Waals surface area contributed by atoms with Crippen molar-refractivity contribution in [2.45, 2.75) is 37.9 Å². The van der Waals surface area contributed by atoms with Gasteiger partial charge in [-0.1, -0.05) is 78.9 Å². The normalized spacial score (nSPS) is 17.2. The number of carbonyl (C=O) groups excluding carboxylic acids is 1. The van der Waals surface area contributed by atoms with Gasteiger partial charge in [0.2, 0.25) is 11.8 Å². The van der Waals surface area contributed by atoms with Crippen LogP contribution in [0.5, 0.6) is 0 Å². The molecular formula is C33H30N3O4-. The molecule has 0 spiro atoms. The molecule has 1 aliphatic heterocycles. The summed E-state index contributed by atoms with van der Waals surface area (Å²) in [6, 6.07) is 32.8. The van der Waals surface area contributed by atoms with E-state index in [0.717, 1.165) is 28.5 Å². The van der Waals surface area contributed by atoms with Gasteiger partial charge in [0.1, 0.15) is 6.09 Å². The number of fused-ring (bicyclic) bond motifs is 1. The zero-order chi connectivity index (χ0) is 27.3. The van der Waals surface area contributed by atoms with Crippen LogP contribution in [0.4, 0.5) is 4.79 Å². The average molecular weight is 533 g/mol. The van der Waals surface area contributed by atoms with Crippen molar-refractivity contribution < 1.29 is 19.1 Å². The Kier molecular flexibility index (Phi) is 7.55. The summed E-state index contributed by atoms with van der Waals surface area (Å²) in [5.41, 5.74) is 4.29. The van der Waals surface area contributed by atoms with E-state index in [-0.39, 0.29) is 12.0 Å².